The molecule has 0 saturated carbocycles. The van der Waals surface area contributed by atoms with Crippen molar-refractivity contribution in [3.8, 4) is 0 Å². The summed E-state index contributed by atoms with van der Waals surface area (Å²) in [6.45, 7) is 5.39. The Kier molecular flexibility index (Phi) is 8.07. The zero-order valence-electron chi connectivity index (χ0n) is 19.6. The molecule has 2 saturated heterocycles. The number of ether oxygens (including phenoxy) is 3. The standard InChI is InChI=1S/C28H34O5/c1-19-21(7-3-9-25(19)17-29)15-23-11-5-13-31-27(23)33-28-24(12-6-14-32-28)16-22-8-4-10-26(18-30)20(22)2/h3-4,7-10,17-18,23-24,27-28H,5-6,11-16H2,1-2H3. The van der Waals surface area contributed by atoms with Crippen LogP contribution in [0.4, 0.5) is 0 Å². The van der Waals surface area contributed by atoms with Gasteiger partial charge in [-0.2, -0.15) is 0 Å². The summed E-state index contributed by atoms with van der Waals surface area (Å²) in [6.07, 6.45) is 6.87. The van der Waals surface area contributed by atoms with Crippen LogP contribution in [0.3, 0.4) is 0 Å². The first-order valence-electron chi connectivity index (χ1n) is 12.1. The lowest BCUT2D eigenvalue weighted by molar-refractivity contribution is -0.296. The fourth-order valence-corrected chi connectivity index (χ4v) is 5.13. The summed E-state index contributed by atoms with van der Waals surface area (Å²) in [5.74, 6) is 0.427. The van der Waals surface area contributed by atoms with E-state index in [0.29, 0.717) is 13.2 Å². The highest BCUT2D eigenvalue weighted by Gasteiger charge is 2.35. The molecule has 2 fully saturated rings. The van der Waals surface area contributed by atoms with Gasteiger partial charge in [-0.1, -0.05) is 36.4 Å². The summed E-state index contributed by atoms with van der Waals surface area (Å²) in [6, 6.07) is 11.8. The quantitative estimate of drug-likeness (QED) is 0.515. The predicted molar refractivity (Wildman–Crippen MR) is 127 cm³/mol. The van der Waals surface area contributed by atoms with Crippen molar-refractivity contribution in [2.24, 2.45) is 11.8 Å². The van der Waals surface area contributed by atoms with E-state index in [0.717, 1.165) is 73.4 Å². The van der Waals surface area contributed by atoms with Gasteiger partial charge in [-0.05, 0) is 74.6 Å². The minimum Gasteiger partial charge on any atom is -0.352 e. The molecule has 5 nitrogen and oxygen atoms in total. The molecule has 0 spiro atoms. The van der Waals surface area contributed by atoms with Crippen molar-refractivity contribution in [3.05, 3.63) is 69.8 Å². The summed E-state index contributed by atoms with van der Waals surface area (Å²) in [4.78, 5) is 22.7. The lowest BCUT2D eigenvalue weighted by atomic mass is 9.88. The Hall–Kier alpha value is -2.34. The molecule has 2 aromatic carbocycles. The first-order chi connectivity index (χ1) is 16.1. The predicted octanol–water partition coefficient (Wildman–Crippen LogP) is 5.24. The Morgan fingerprint density at radius 1 is 0.788 bits per heavy atom. The van der Waals surface area contributed by atoms with E-state index in [1.807, 2.05) is 38.1 Å². The van der Waals surface area contributed by atoms with Crippen molar-refractivity contribution in [1.29, 1.82) is 0 Å². The maximum Gasteiger partial charge on any atom is 0.163 e. The number of benzene rings is 2. The van der Waals surface area contributed by atoms with Crippen molar-refractivity contribution in [3.63, 3.8) is 0 Å². The molecule has 33 heavy (non-hydrogen) atoms. The summed E-state index contributed by atoms with van der Waals surface area (Å²) in [5, 5.41) is 0. The molecule has 0 bridgehead atoms. The average Bonchev–Trinajstić information content (AvgIpc) is 2.84. The molecule has 0 aromatic heterocycles. The summed E-state index contributed by atoms with van der Waals surface area (Å²) in [5.41, 5.74) is 5.90. The van der Waals surface area contributed by atoms with Crippen molar-refractivity contribution in [2.75, 3.05) is 13.2 Å². The second-order valence-corrected chi connectivity index (χ2v) is 9.33. The van der Waals surface area contributed by atoms with Crippen LogP contribution < -0.4 is 0 Å². The molecule has 5 heteroatoms. The van der Waals surface area contributed by atoms with E-state index >= 15 is 0 Å². The molecule has 0 amide bonds. The van der Waals surface area contributed by atoms with Gasteiger partial charge in [0.1, 0.15) is 12.6 Å². The fourth-order valence-electron chi connectivity index (χ4n) is 5.13. The molecular weight excluding hydrogens is 416 g/mol. The zero-order valence-corrected chi connectivity index (χ0v) is 19.6. The SMILES string of the molecule is Cc1c(C=O)cccc1CC1CCCOC1OC1OCCCC1Cc1cccc(C=O)c1C. The number of carbonyl (C=O) groups excluding carboxylic acids is 2. The van der Waals surface area contributed by atoms with Gasteiger partial charge in [0.15, 0.2) is 12.6 Å². The van der Waals surface area contributed by atoms with Crippen molar-refractivity contribution >= 4 is 12.6 Å². The maximum atomic E-state index is 11.4. The molecule has 0 N–H and O–H groups in total. The zero-order chi connectivity index (χ0) is 23.2. The molecule has 4 rings (SSSR count). The van der Waals surface area contributed by atoms with Gasteiger partial charge in [0, 0.05) is 36.2 Å². The molecule has 176 valence electrons. The van der Waals surface area contributed by atoms with Crippen LogP contribution in [0.1, 0.15) is 68.7 Å². The van der Waals surface area contributed by atoms with Crippen LogP contribution in [0.25, 0.3) is 0 Å². The smallest absolute Gasteiger partial charge is 0.163 e. The number of hydrogen-bond donors (Lipinski definition) is 0. The molecule has 0 aliphatic carbocycles. The molecular formula is C28H34O5. The van der Waals surface area contributed by atoms with Gasteiger partial charge in [0.05, 0.1) is 0 Å². The van der Waals surface area contributed by atoms with E-state index in [2.05, 4.69) is 12.1 Å². The number of hydrogen-bond acceptors (Lipinski definition) is 5. The maximum absolute atomic E-state index is 11.4. The highest BCUT2D eigenvalue weighted by molar-refractivity contribution is 5.78. The van der Waals surface area contributed by atoms with Crippen LogP contribution in [0.15, 0.2) is 36.4 Å². The molecule has 2 heterocycles. The normalized spacial score (nSPS) is 25.5. The van der Waals surface area contributed by atoms with E-state index < -0.39 is 0 Å². The van der Waals surface area contributed by atoms with E-state index in [1.54, 1.807) is 0 Å². The van der Waals surface area contributed by atoms with Crippen molar-refractivity contribution in [1.82, 2.24) is 0 Å². The molecule has 4 unspecified atom stereocenters. The highest BCUT2D eigenvalue weighted by atomic mass is 16.8. The Bertz CT molecular complexity index is 891. The van der Waals surface area contributed by atoms with E-state index in [-0.39, 0.29) is 24.4 Å². The molecule has 2 aliphatic rings. The van der Waals surface area contributed by atoms with Crippen LogP contribution in [0.5, 0.6) is 0 Å². The van der Waals surface area contributed by atoms with Gasteiger partial charge < -0.3 is 14.2 Å². The second kappa shape index (κ2) is 11.2. The summed E-state index contributed by atoms with van der Waals surface area (Å²) < 4.78 is 18.7. The van der Waals surface area contributed by atoms with Gasteiger partial charge in [0.2, 0.25) is 0 Å². The molecule has 4 atom stereocenters. The molecule has 2 aromatic rings. The van der Waals surface area contributed by atoms with E-state index in [4.69, 9.17) is 14.2 Å². The van der Waals surface area contributed by atoms with Crippen LogP contribution in [-0.2, 0) is 27.1 Å². The highest BCUT2D eigenvalue weighted by Crippen LogP contribution is 2.33. The van der Waals surface area contributed by atoms with Crippen molar-refractivity contribution < 1.29 is 23.8 Å². The van der Waals surface area contributed by atoms with Gasteiger partial charge >= 0.3 is 0 Å². The third-order valence-corrected chi connectivity index (χ3v) is 7.23. The lowest BCUT2D eigenvalue weighted by Gasteiger charge is -2.38. The third-order valence-electron chi connectivity index (χ3n) is 7.23. The first kappa shape index (κ1) is 23.8. The first-order valence-corrected chi connectivity index (χ1v) is 12.1. The Morgan fingerprint density at radius 2 is 1.24 bits per heavy atom. The van der Waals surface area contributed by atoms with Crippen LogP contribution in [0.2, 0.25) is 0 Å². The van der Waals surface area contributed by atoms with Crippen molar-refractivity contribution in [2.45, 2.75) is 65.0 Å². The number of rotatable bonds is 8. The second-order valence-electron chi connectivity index (χ2n) is 9.33. The van der Waals surface area contributed by atoms with Gasteiger partial charge in [-0.15, -0.1) is 0 Å². The largest absolute Gasteiger partial charge is 0.352 e. The minimum atomic E-state index is -0.328. The van der Waals surface area contributed by atoms with Gasteiger partial charge in [-0.25, -0.2) is 0 Å². The Morgan fingerprint density at radius 3 is 1.67 bits per heavy atom. The average molecular weight is 451 g/mol. The number of aldehydes is 2. The molecule has 2 aliphatic heterocycles. The van der Waals surface area contributed by atoms with E-state index in [9.17, 15) is 9.59 Å². The summed E-state index contributed by atoms with van der Waals surface area (Å²) in [7, 11) is 0. The third kappa shape index (κ3) is 5.60. The lowest BCUT2D eigenvalue weighted by Crippen LogP contribution is -2.42. The molecule has 0 radical (unpaired) electrons. The number of carbonyl (C=O) groups is 2. The Labute approximate surface area is 196 Å². The van der Waals surface area contributed by atoms with Crippen LogP contribution in [0, 0.1) is 25.7 Å². The van der Waals surface area contributed by atoms with E-state index in [1.165, 1.54) is 11.1 Å². The topological polar surface area (TPSA) is 61.8 Å². The van der Waals surface area contributed by atoms with Crippen LogP contribution >= 0.6 is 0 Å². The summed E-state index contributed by atoms with van der Waals surface area (Å²) >= 11 is 0. The fraction of sp³-hybridized carbons (Fsp3) is 0.500. The van der Waals surface area contributed by atoms with Crippen LogP contribution in [-0.4, -0.2) is 38.4 Å². The van der Waals surface area contributed by atoms with Gasteiger partial charge in [-0.3, -0.25) is 9.59 Å². The monoisotopic (exact) mass is 450 g/mol. The van der Waals surface area contributed by atoms with Gasteiger partial charge in [0.25, 0.3) is 0 Å². The Balaban J connectivity index is 1.48. The minimum absolute atomic E-state index is 0.214.